The van der Waals surface area contributed by atoms with Gasteiger partial charge in [0.2, 0.25) is 0 Å². The van der Waals surface area contributed by atoms with E-state index in [4.69, 9.17) is 5.73 Å². The minimum atomic E-state index is -4.25. The summed E-state index contributed by atoms with van der Waals surface area (Å²) in [6.07, 6.45) is -2.62. The quantitative estimate of drug-likeness (QED) is 0.755. The summed E-state index contributed by atoms with van der Waals surface area (Å²) in [6.45, 7) is 2.25. The molecule has 1 rings (SSSR count). The smallest absolute Gasteiger partial charge is 0.330 e. The highest BCUT2D eigenvalue weighted by Gasteiger charge is 2.29. The summed E-state index contributed by atoms with van der Waals surface area (Å²) in [5.74, 6) is 0. The van der Waals surface area contributed by atoms with E-state index in [9.17, 15) is 13.2 Å². The molecule has 2 nitrogen and oxygen atoms in total. The lowest BCUT2D eigenvalue weighted by atomic mass is 10.1. The van der Waals surface area contributed by atoms with E-state index >= 15 is 0 Å². The minimum Gasteiger partial charge on any atom is -0.330 e. The van der Waals surface area contributed by atoms with Gasteiger partial charge in [0.05, 0.1) is 5.56 Å². The van der Waals surface area contributed by atoms with E-state index in [1.807, 2.05) is 0 Å². The molecule has 0 aromatic heterocycles. The van der Waals surface area contributed by atoms with Crippen LogP contribution in [0.5, 0.6) is 0 Å². The van der Waals surface area contributed by atoms with Crippen molar-refractivity contribution in [1.82, 2.24) is 5.32 Å². The summed E-state index contributed by atoms with van der Waals surface area (Å²) < 4.78 is 36.9. The van der Waals surface area contributed by atoms with Crippen LogP contribution >= 0.6 is 0 Å². The Balaban J connectivity index is 2.36. The van der Waals surface area contributed by atoms with Crippen LogP contribution < -0.4 is 11.1 Å². The fourth-order valence-electron chi connectivity index (χ4n) is 1.45. The Hall–Kier alpha value is -1.07. The molecule has 0 amide bonds. The molecule has 0 radical (unpaired) electrons. The second-order valence-corrected chi connectivity index (χ2v) is 3.84. The average Bonchev–Trinajstić information content (AvgIpc) is 2.28. The standard InChI is InChI=1S/C12H17F3N2/c13-12(14,15)11-4-2-10(3-5-11)6-9-17-8-1-7-16/h2-5,17H,1,6-9,16H2. The van der Waals surface area contributed by atoms with E-state index < -0.39 is 11.7 Å². The summed E-state index contributed by atoms with van der Waals surface area (Å²) in [4.78, 5) is 0. The fraction of sp³-hybridized carbons (Fsp3) is 0.500. The van der Waals surface area contributed by atoms with Crippen molar-refractivity contribution in [1.29, 1.82) is 0 Å². The van der Waals surface area contributed by atoms with E-state index in [-0.39, 0.29) is 0 Å². The summed E-state index contributed by atoms with van der Waals surface area (Å²) in [7, 11) is 0. The first-order valence-corrected chi connectivity index (χ1v) is 5.61. The maximum atomic E-state index is 12.3. The molecule has 0 aliphatic heterocycles. The van der Waals surface area contributed by atoms with Crippen LogP contribution in [0, 0.1) is 0 Å². The van der Waals surface area contributed by atoms with Gasteiger partial charge in [0.25, 0.3) is 0 Å². The number of nitrogens with one attached hydrogen (secondary N) is 1. The van der Waals surface area contributed by atoms with E-state index in [1.54, 1.807) is 0 Å². The molecule has 0 saturated heterocycles. The summed E-state index contributed by atoms with van der Waals surface area (Å²) >= 11 is 0. The molecule has 0 saturated carbocycles. The molecule has 1 aromatic rings. The van der Waals surface area contributed by atoms with Crippen LogP contribution in [0.4, 0.5) is 13.2 Å². The molecule has 0 unspecified atom stereocenters. The van der Waals surface area contributed by atoms with E-state index in [0.717, 1.165) is 43.6 Å². The molecule has 17 heavy (non-hydrogen) atoms. The van der Waals surface area contributed by atoms with E-state index in [2.05, 4.69) is 5.32 Å². The first-order valence-electron chi connectivity index (χ1n) is 5.61. The van der Waals surface area contributed by atoms with Crippen molar-refractivity contribution in [2.45, 2.75) is 19.0 Å². The van der Waals surface area contributed by atoms with Crippen LogP contribution in [0.15, 0.2) is 24.3 Å². The maximum Gasteiger partial charge on any atom is 0.416 e. The summed E-state index contributed by atoms with van der Waals surface area (Å²) in [6, 6.07) is 5.28. The summed E-state index contributed by atoms with van der Waals surface area (Å²) in [5, 5.41) is 3.18. The zero-order valence-electron chi connectivity index (χ0n) is 9.56. The zero-order chi connectivity index (χ0) is 12.7. The van der Waals surface area contributed by atoms with Crippen molar-refractivity contribution in [3.63, 3.8) is 0 Å². The Bertz CT molecular complexity index is 320. The molecular formula is C12H17F3N2. The molecule has 96 valence electrons. The Labute approximate surface area is 99.0 Å². The first-order chi connectivity index (χ1) is 8.04. The Morgan fingerprint density at radius 3 is 2.24 bits per heavy atom. The average molecular weight is 246 g/mol. The van der Waals surface area contributed by atoms with Gasteiger partial charge < -0.3 is 11.1 Å². The Morgan fingerprint density at radius 2 is 1.71 bits per heavy atom. The SMILES string of the molecule is NCCCNCCc1ccc(C(F)(F)F)cc1. The number of benzene rings is 1. The minimum absolute atomic E-state index is 0.600. The third-order valence-corrected chi connectivity index (χ3v) is 2.43. The Morgan fingerprint density at radius 1 is 1.06 bits per heavy atom. The maximum absolute atomic E-state index is 12.3. The predicted molar refractivity (Wildman–Crippen MR) is 61.7 cm³/mol. The number of nitrogens with two attached hydrogens (primary N) is 1. The molecule has 3 N–H and O–H groups in total. The number of hydrogen-bond acceptors (Lipinski definition) is 2. The van der Waals surface area contributed by atoms with Gasteiger partial charge in [0.1, 0.15) is 0 Å². The van der Waals surface area contributed by atoms with Gasteiger partial charge in [0, 0.05) is 0 Å². The van der Waals surface area contributed by atoms with Crippen LogP contribution in [0.2, 0.25) is 0 Å². The number of hydrogen-bond donors (Lipinski definition) is 2. The van der Waals surface area contributed by atoms with Gasteiger partial charge in [0.15, 0.2) is 0 Å². The molecular weight excluding hydrogens is 229 g/mol. The van der Waals surface area contributed by atoms with Crippen molar-refractivity contribution in [3.05, 3.63) is 35.4 Å². The molecule has 5 heteroatoms. The van der Waals surface area contributed by atoms with Crippen LogP contribution in [-0.4, -0.2) is 19.6 Å². The van der Waals surface area contributed by atoms with Crippen LogP contribution in [-0.2, 0) is 12.6 Å². The van der Waals surface area contributed by atoms with Gasteiger partial charge in [-0.2, -0.15) is 13.2 Å². The molecule has 0 spiro atoms. The van der Waals surface area contributed by atoms with Gasteiger partial charge in [-0.1, -0.05) is 12.1 Å². The molecule has 0 aliphatic carbocycles. The summed E-state index contributed by atoms with van der Waals surface area (Å²) in [5.41, 5.74) is 5.63. The highest BCUT2D eigenvalue weighted by atomic mass is 19.4. The molecule has 0 atom stereocenters. The highest BCUT2D eigenvalue weighted by molar-refractivity contribution is 5.24. The third-order valence-electron chi connectivity index (χ3n) is 2.43. The molecule has 0 aliphatic rings. The highest BCUT2D eigenvalue weighted by Crippen LogP contribution is 2.29. The van der Waals surface area contributed by atoms with Crippen molar-refractivity contribution < 1.29 is 13.2 Å². The van der Waals surface area contributed by atoms with Crippen molar-refractivity contribution in [3.8, 4) is 0 Å². The number of rotatable bonds is 6. The van der Waals surface area contributed by atoms with Gasteiger partial charge in [-0.3, -0.25) is 0 Å². The van der Waals surface area contributed by atoms with Gasteiger partial charge in [-0.05, 0) is 50.2 Å². The molecule has 0 bridgehead atoms. The second kappa shape index (κ2) is 6.61. The number of halogens is 3. The molecule has 1 aromatic carbocycles. The van der Waals surface area contributed by atoms with Crippen molar-refractivity contribution >= 4 is 0 Å². The van der Waals surface area contributed by atoms with Gasteiger partial charge in [-0.15, -0.1) is 0 Å². The van der Waals surface area contributed by atoms with E-state index in [1.165, 1.54) is 12.1 Å². The normalized spacial score (nSPS) is 11.8. The monoisotopic (exact) mass is 246 g/mol. The Kier molecular flexibility index (Phi) is 5.44. The van der Waals surface area contributed by atoms with Crippen LogP contribution in [0.25, 0.3) is 0 Å². The number of alkyl halides is 3. The zero-order valence-corrected chi connectivity index (χ0v) is 9.56. The van der Waals surface area contributed by atoms with Gasteiger partial charge >= 0.3 is 6.18 Å². The predicted octanol–water partition coefficient (Wildman–Crippen LogP) is 2.19. The topological polar surface area (TPSA) is 38.0 Å². The molecule has 0 fully saturated rings. The second-order valence-electron chi connectivity index (χ2n) is 3.84. The molecule has 0 heterocycles. The van der Waals surface area contributed by atoms with Crippen LogP contribution in [0.1, 0.15) is 17.5 Å². The van der Waals surface area contributed by atoms with Crippen LogP contribution in [0.3, 0.4) is 0 Å². The van der Waals surface area contributed by atoms with E-state index in [0.29, 0.717) is 6.54 Å². The van der Waals surface area contributed by atoms with Crippen molar-refractivity contribution in [2.75, 3.05) is 19.6 Å². The third kappa shape index (κ3) is 5.19. The lowest BCUT2D eigenvalue weighted by Gasteiger charge is -2.08. The first kappa shape index (κ1) is 14.0. The lowest BCUT2D eigenvalue weighted by molar-refractivity contribution is -0.137. The lowest BCUT2D eigenvalue weighted by Crippen LogP contribution is -2.20. The van der Waals surface area contributed by atoms with Crippen molar-refractivity contribution in [2.24, 2.45) is 5.73 Å². The van der Waals surface area contributed by atoms with Gasteiger partial charge in [-0.25, -0.2) is 0 Å². The largest absolute Gasteiger partial charge is 0.416 e. The fourth-order valence-corrected chi connectivity index (χ4v) is 1.45.